The molecule has 1 aliphatic rings. The third kappa shape index (κ3) is 6.33. The molecule has 1 heterocycles. The molecular formula is C19H27N3O5. The third-order valence-corrected chi connectivity index (χ3v) is 4.23. The first-order valence-corrected chi connectivity index (χ1v) is 9.14. The molecule has 1 saturated heterocycles. The van der Waals surface area contributed by atoms with E-state index in [0.717, 1.165) is 19.6 Å². The number of carbonyl (C=O) groups excluding carboxylic acids is 3. The van der Waals surface area contributed by atoms with Crippen molar-refractivity contribution in [1.82, 2.24) is 10.2 Å². The fraction of sp³-hybridized carbons (Fsp3) is 0.526. The van der Waals surface area contributed by atoms with Crippen LogP contribution >= 0.6 is 0 Å². The van der Waals surface area contributed by atoms with Crippen LogP contribution in [-0.4, -0.2) is 75.2 Å². The SMILES string of the molecule is CCOC(=O)c1ccccc1N(CC(=O)NCCN1CCOCC1)C(C)=O. The molecule has 148 valence electrons. The minimum atomic E-state index is -0.521. The van der Waals surface area contributed by atoms with Crippen molar-refractivity contribution in [1.29, 1.82) is 0 Å². The smallest absolute Gasteiger partial charge is 0.340 e. The highest BCUT2D eigenvalue weighted by Gasteiger charge is 2.22. The Morgan fingerprint density at radius 3 is 2.59 bits per heavy atom. The van der Waals surface area contributed by atoms with Gasteiger partial charge in [-0.1, -0.05) is 12.1 Å². The van der Waals surface area contributed by atoms with E-state index in [0.29, 0.717) is 25.4 Å². The predicted molar refractivity (Wildman–Crippen MR) is 101 cm³/mol. The van der Waals surface area contributed by atoms with E-state index in [1.807, 2.05) is 0 Å². The summed E-state index contributed by atoms with van der Waals surface area (Å²) in [5.41, 5.74) is 0.627. The van der Waals surface area contributed by atoms with E-state index >= 15 is 0 Å². The number of hydrogen-bond donors (Lipinski definition) is 1. The van der Waals surface area contributed by atoms with Gasteiger partial charge in [-0.25, -0.2) is 4.79 Å². The second-order valence-corrected chi connectivity index (χ2v) is 6.15. The van der Waals surface area contributed by atoms with Crippen molar-refractivity contribution in [2.45, 2.75) is 13.8 Å². The number of benzene rings is 1. The summed E-state index contributed by atoms with van der Waals surface area (Å²) in [7, 11) is 0. The van der Waals surface area contributed by atoms with Crippen LogP contribution in [0.5, 0.6) is 0 Å². The number of amides is 2. The molecule has 0 saturated carbocycles. The summed E-state index contributed by atoms with van der Waals surface area (Å²) >= 11 is 0. The van der Waals surface area contributed by atoms with Crippen molar-refractivity contribution < 1.29 is 23.9 Å². The van der Waals surface area contributed by atoms with Gasteiger partial charge in [0.1, 0.15) is 6.54 Å². The van der Waals surface area contributed by atoms with Crippen LogP contribution in [0.25, 0.3) is 0 Å². The number of rotatable bonds is 8. The number of para-hydroxylation sites is 1. The van der Waals surface area contributed by atoms with E-state index < -0.39 is 5.97 Å². The Bertz CT molecular complexity index is 659. The van der Waals surface area contributed by atoms with Gasteiger partial charge in [-0.2, -0.15) is 0 Å². The number of hydrogen-bond acceptors (Lipinski definition) is 6. The zero-order valence-electron chi connectivity index (χ0n) is 15.9. The van der Waals surface area contributed by atoms with Crippen molar-refractivity contribution in [3.05, 3.63) is 29.8 Å². The monoisotopic (exact) mass is 377 g/mol. The molecule has 0 unspecified atom stereocenters. The molecule has 8 nitrogen and oxygen atoms in total. The van der Waals surface area contributed by atoms with Crippen molar-refractivity contribution in [3.8, 4) is 0 Å². The van der Waals surface area contributed by atoms with Gasteiger partial charge in [-0.05, 0) is 19.1 Å². The minimum Gasteiger partial charge on any atom is -0.462 e. The Kier molecular flexibility index (Phi) is 8.22. The Morgan fingerprint density at radius 1 is 1.22 bits per heavy atom. The molecule has 0 aliphatic carbocycles. The Hall–Kier alpha value is -2.45. The maximum Gasteiger partial charge on any atom is 0.340 e. The first-order chi connectivity index (χ1) is 13.0. The highest BCUT2D eigenvalue weighted by atomic mass is 16.5. The largest absolute Gasteiger partial charge is 0.462 e. The average Bonchev–Trinajstić information content (AvgIpc) is 2.67. The Morgan fingerprint density at radius 2 is 1.93 bits per heavy atom. The van der Waals surface area contributed by atoms with Gasteiger partial charge >= 0.3 is 5.97 Å². The van der Waals surface area contributed by atoms with Crippen LogP contribution < -0.4 is 10.2 Å². The Balaban J connectivity index is 1.98. The standard InChI is InChI=1S/C19H27N3O5/c1-3-27-19(25)16-6-4-5-7-17(16)22(15(2)23)14-18(24)20-8-9-21-10-12-26-13-11-21/h4-7H,3,8-14H2,1-2H3,(H,20,24). The van der Waals surface area contributed by atoms with Crippen LogP contribution in [0.4, 0.5) is 5.69 Å². The van der Waals surface area contributed by atoms with Gasteiger partial charge in [0.25, 0.3) is 0 Å². The second kappa shape index (κ2) is 10.6. The number of morpholine rings is 1. The number of anilines is 1. The lowest BCUT2D eigenvalue weighted by Crippen LogP contribution is -2.44. The zero-order valence-corrected chi connectivity index (χ0v) is 15.9. The summed E-state index contributed by atoms with van der Waals surface area (Å²) in [5, 5.41) is 2.83. The van der Waals surface area contributed by atoms with E-state index in [9.17, 15) is 14.4 Å². The molecule has 1 fully saturated rings. The minimum absolute atomic E-state index is 0.158. The molecule has 0 bridgehead atoms. The number of carbonyl (C=O) groups is 3. The van der Waals surface area contributed by atoms with Crippen LogP contribution in [0.2, 0.25) is 0 Å². The first-order valence-electron chi connectivity index (χ1n) is 9.14. The van der Waals surface area contributed by atoms with Gasteiger partial charge < -0.3 is 19.7 Å². The number of nitrogens with zero attached hydrogens (tertiary/aromatic N) is 2. The lowest BCUT2D eigenvalue weighted by Gasteiger charge is -2.27. The predicted octanol–water partition coefficient (Wildman–Crippen LogP) is 0.665. The number of ether oxygens (including phenoxy) is 2. The fourth-order valence-electron chi connectivity index (χ4n) is 2.83. The first kappa shape index (κ1) is 20.9. The van der Waals surface area contributed by atoms with Crippen LogP contribution in [0.3, 0.4) is 0 Å². The van der Waals surface area contributed by atoms with Gasteiger partial charge in [0.15, 0.2) is 0 Å². The molecule has 1 aliphatic heterocycles. The van der Waals surface area contributed by atoms with E-state index in [-0.39, 0.29) is 30.5 Å². The van der Waals surface area contributed by atoms with Gasteiger partial charge in [0.05, 0.1) is 31.1 Å². The second-order valence-electron chi connectivity index (χ2n) is 6.15. The van der Waals surface area contributed by atoms with Crippen molar-refractivity contribution in [2.75, 3.05) is 57.4 Å². The highest BCUT2D eigenvalue weighted by molar-refractivity contribution is 6.04. The van der Waals surface area contributed by atoms with Crippen LogP contribution in [-0.2, 0) is 19.1 Å². The molecule has 0 spiro atoms. The summed E-state index contributed by atoms with van der Waals surface area (Å²) in [6.07, 6.45) is 0. The van der Waals surface area contributed by atoms with Gasteiger partial charge in [0, 0.05) is 33.1 Å². The van der Waals surface area contributed by atoms with E-state index in [4.69, 9.17) is 9.47 Å². The maximum atomic E-state index is 12.3. The summed E-state index contributed by atoms with van der Waals surface area (Å²) in [5.74, 6) is -1.13. The third-order valence-electron chi connectivity index (χ3n) is 4.23. The van der Waals surface area contributed by atoms with Crippen molar-refractivity contribution in [3.63, 3.8) is 0 Å². The summed E-state index contributed by atoms with van der Waals surface area (Å²) < 4.78 is 10.3. The molecule has 1 N–H and O–H groups in total. The quantitative estimate of drug-likeness (QED) is 0.670. The molecule has 8 heteroatoms. The van der Waals surface area contributed by atoms with Crippen LogP contribution in [0.15, 0.2) is 24.3 Å². The topological polar surface area (TPSA) is 88.2 Å². The summed E-state index contributed by atoms with van der Waals surface area (Å²) in [6.45, 7) is 7.48. The molecule has 2 amide bonds. The number of esters is 1. The van der Waals surface area contributed by atoms with Gasteiger partial charge in [-0.15, -0.1) is 0 Å². The lowest BCUT2D eigenvalue weighted by atomic mass is 10.1. The van der Waals surface area contributed by atoms with E-state index in [2.05, 4.69) is 10.2 Å². The number of nitrogens with one attached hydrogen (secondary N) is 1. The zero-order chi connectivity index (χ0) is 19.6. The molecular weight excluding hydrogens is 350 g/mol. The van der Waals surface area contributed by atoms with Gasteiger partial charge in [0.2, 0.25) is 11.8 Å². The molecule has 0 atom stereocenters. The average molecular weight is 377 g/mol. The molecule has 27 heavy (non-hydrogen) atoms. The molecule has 2 rings (SSSR count). The summed E-state index contributed by atoms with van der Waals surface area (Å²) in [6, 6.07) is 6.62. The van der Waals surface area contributed by atoms with Crippen molar-refractivity contribution >= 4 is 23.5 Å². The van der Waals surface area contributed by atoms with E-state index in [1.165, 1.54) is 11.8 Å². The van der Waals surface area contributed by atoms with Crippen LogP contribution in [0, 0.1) is 0 Å². The van der Waals surface area contributed by atoms with E-state index in [1.54, 1.807) is 31.2 Å². The molecule has 0 aromatic heterocycles. The molecule has 1 aromatic rings. The fourth-order valence-corrected chi connectivity index (χ4v) is 2.83. The molecule has 1 aromatic carbocycles. The van der Waals surface area contributed by atoms with Crippen molar-refractivity contribution in [2.24, 2.45) is 0 Å². The summed E-state index contributed by atoms with van der Waals surface area (Å²) in [4.78, 5) is 40.1. The van der Waals surface area contributed by atoms with Gasteiger partial charge in [-0.3, -0.25) is 14.5 Å². The maximum absolute atomic E-state index is 12.3. The highest BCUT2D eigenvalue weighted by Crippen LogP contribution is 2.21. The van der Waals surface area contributed by atoms with Crippen LogP contribution in [0.1, 0.15) is 24.2 Å². The normalized spacial score (nSPS) is 14.4. The Labute approximate surface area is 159 Å². The lowest BCUT2D eigenvalue weighted by molar-refractivity contribution is -0.123. The molecule has 0 radical (unpaired) electrons.